The summed E-state index contributed by atoms with van der Waals surface area (Å²) in [5, 5.41) is 1.93. The van der Waals surface area contributed by atoms with Crippen molar-refractivity contribution in [1.29, 1.82) is 0 Å². The predicted octanol–water partition coefficient (Wildman–Crippen LogP) is 2.96. The number of hydrogen-bond acceptors (Lipinski definition) is 3. The van der Waals surface area contributed by atoms with Crippen molar-refractivity contribution >= 4 is 22.7 Å². The first-order chi connectivity index (χ1) is 9.61. The normalized spacial score (nSPS) is 11.2. The summed E-state index contributed by atoms with van der Waals surface area (Å²) in [6, 6.07) is 5.99. The Kier molecular flexibility index (Phi) is 3.14. The quantitative estimate of drug-likeness (QED) is 0.736. The van der Waals surface area contributed by atoms with Crippen LogP contribution in [0, 0.1) is 6.92 Å². The fourth-order valence-corrected chi connectivity index (χ4v) is 2.92. The summed E-state index contributed by atoms with van der Waals surface area (Å²) >= 11 is 1.63. The molecule has 0 aliphatic heterocycles. The number of rotatable bonds is 2. The highest BCUT2D eigenvalue weighted by atomic mass is 32.2. The van der Waals surface area contributed by atoms with Crippen molar-refractivity contribution in [3.63, 3.8) is 0 Å². The van der Waals surface area contributed by atoms with E-state index in [1.54, 1.807) is 29.6 Å². The van der Waals surface area contributed by atoms with E-state index in [-0.39, 0.29) is 5.56 Å². The van der Waals surface area contributed by atoms with Crippen LogP contribution < -0.4 is 5.56 Å². The van der Waals surface area contributed by atoms with E-state index in [9.17, 15) is 4.79 Å². The third-order valence-corrected chi connectivity index (χ3v) is 4.21. The fourth-order valence-electron chi connectivity index (χ4n) is 2.34. The number of aromatic amines is 1. The largest absolute Gasteiger partial charge is 0.357 e. The second-order valence-electron chi connectivity index (χ2n) is 4.75. The van der Waals surface area contributed by atoms with Gasteiger partial charge in [0.2, 0.25) is 0 Å². The number of aryl methyl sites for hydroxylation is 2. The molecule has 3 heterocycles. The first-order valence-corrected chi connectivity index (χ1v) is 7.53. The van der Waals surface area contributed by atoms with Gasteiger partial charge in [-0.15, -0.1) is 11.8 Å². The molecule has 5 heteroatoms. The van der Waals surface area contributed by atoms with E-state index in [4.69, 9.17) is 4.98 Å². The van der Waals surface area contributed by atoms with Gasteiger partial charge in [-0.3, -0.25) is 4.79 Å². The minimum Gasteiger partial charge on any atom is -0.357 e. The van der Waals surface area contributed by atoms with Crippen molar-refractivity contribution in [2.24, 2.45) is 7.05 Å². The van der Waals surface area contributed by atoms with Gasteiger partial charge in [-0.2, -0.15) is 0 Å². The van der Waals surface area contributed by atoms with Crippen LogP contribution in [-0.2, 0) is 7.05 Å². The zero-order valence-electron chi connectivity index (χ0n) is 11.6. The molecule has 1 N–H and O–H groups in total. The second-order valence-corrected chi connectivity index (χ2v) is 5.54. The van der Waals surface area contributed by atoms with Gasteiger partial charge in [0.25, 0.3) is 5.56 Å². The van der Waals surface area contributed by atoms with Gasteiger partial charge in [0, 0.05) is 30.4 Å². The number of aromatic nitrogens is 3. The molecule has 0 fully saturated rings. The summed E-state index contributed by atoms with van der Waals surface area (Å²) in [7, 11) is 1.76. The molecule has 0 spiro atoms. The highest BCUT2D eigenvalue weighted by Crippen LogP contribution is 2.27. The van der Waals surface area contributed by atoms with Crippen molar-refractivity contribution < 1.29 is 0 Å². The Morgan fingerprint density at radius 3 is 2.85 bits per heavy atom. The zero-order chi connectivity index (χ0) is 14.3. The van der Waals surface area contributed by atoms with Gasteiger partial charge in [-0.1, -0.05) is 6.07 Å². The lowest BCUT2D eigenvalue weighted by Gasteiger charge is -2.09. The molecule has 0 unspecified atom stereocenters. The lowest BCUT2D eigenvalue weighted by molar-refractivity contribution is 0.870. The molecule has 0 aromatic carbocycles. The first kappa shape index (κ1) is 13.0. The van der Waals surface area contributed by atoms with Crippen LogP contribution in [0.15, 0.2) is 40.4 Å². The van der Waals surface area contributed by atoms with Crippen LogP contribution in [0.4, 0.5) is 0 Å². The van der Waals surface area contributed by atoms with Gasteiger partial charge in [0.15, 0.2) is 0 Å². The number of nitrogens with one attached hydrogen (secondary N) is 1. The van der Waals surface area contributed by atoms with Crippen LogP contribution in [-0.4, -0.2) is 20.8 Å². The van der Waals surface area contributed by atoms with Crippen molar-refractivity contribution in [3.05, 3.63) is 46.5 Å². The van der Waals surface area contributed by atoms with Gasteiger partial charge in [-0.05, 0) is 30.9 Å². The van der Waals surface area contributed by atoms with Crippen LogP contribution in [0.3, 0.4) is 0 Å². The fraction of sp³-hybridized carbons (Fsp3) is 0.200. The Hall–Kier alpha value is -2.01. The van der Waals surface area contributed by atoms with E-state index in [0.29, 0.717) is 5.52 Å². The summed E-state index contributed by atoms with van der Waals surface area (Å²) in [6.45, 7) is 2.05. The maximum Gasteiger partial charge on any atom is 0.274 e. The summed E-state index contributed by atoms with van der Waals surface area (Å²) in [5.41, 5.74) is 3.62. The number of H-pyrrole nitrogens is 1. The Morgan fingerprint density at radius 2 is 2.10 bits per heavy atom. The molecule has 0 atom stereocenters. The Labute approximate surface area is 120 Å². The van der Waals surface area contributed by atoms with E-state index >= 15 is 0 Å². The minimum atomic E-state index is -0.0223. The summed E-state index contributed by atoms with van der Waals surface area (Å²) < 4.78 is 1.59. The number of thioether (sulfide) groups is 1. The lowest BCUT2D eigenvalue weighted by Crippen LogP contribution is -2.16. The predicted molar refractivity (Wildman–Crippen MR) is 83.3 cm³/mol. The Bertz CT molecular complexity index is 848. The topological polar surface area (TPSA) is 50.7 Å². The van der Waals surface area contributed by atoms with Crippen LogP contribution in [0.2, 0.25) is 0 Å². The van der Waals surface area contributed by atoms with Crippen LogP contribution in [0.5, 0.6) is 0 Å². The van der Waals surface area contributed by atoms with Gasteiger partial charge in [0.1, 0.15) is 5.52 Å². The molecule has 0 bridgehead atoms. The van der Waals surface area contributed by atoms with E-state index in [1.807, 2.05) is 24.6 Å². The van der Waals surface area contributed by atoms with E-state index in [0.717, 1.165) is 27.2 Å². The molecule has 3 aromatic heterocycles. The van der Waals surface area contributed by atoms with Gasteiger partial charge in [0.05, 0.1) is 10.7 Å². The SMILES string of the molecule is CSc1nc(-c2cn(C)c(=O)c3[nH]ccc23)ccc1C. The van der Waals surface area contributed by atoms with E-state index in [2.05, 4.69) is 18.0 Å². The summed E-state index contributed by atoms with van der Waals surface area (Å²) in [4.78, 5) is 19.8. The summed E-state index contributed by atoms with van der Waals surface area (Å²) in [5.74, 6) is 0. The van der Waals surface area contributed by atoms with Crippen molar-refractivity contribution in [1.82, 2.24) is 14.5 Å². The smallest absolute Gasteiger partial charge is 0.274 e. The molecule has 0 aliphatic carbocycles. The average Bonchev–Trinajstić information content (AvgIpc) is 2.93. The average molecular weight is 285 g/mol. The highest BCUT2D eigenvalue weighted by molar-refractivity contribution is 7.98. The Balaban J connectivity index is 2.32. The third-order valence-electron chi connectivity index (χ3n) is 3.41. The van der Waals surface area contributed by atoms with Crippen molar-refractivity contribution in [2.45, 2.75) is 11.9 Å². The van der Waals surface area contributed by atoms with Gasteiger partial charge < -0.3 is 9.55 Å². The molecular weight excluding hydrogens is 270 g/mol. The molecule has 3 aromatic rings. The number of nitrogens with zero attached hydrogens (tertiary/aromatic N) is 2. The van der Waals surface area contributed by atoms with Gasteiger partial charge in [-0.25, -0.2) is 4.98 Å². The number of pyridine rings is 2. The molecule has 0 aliphatic rings. The van der Waals surface area contributed by atoms with Crippen LogP contribution in [0.1, 0.15) is 5.56 Å². The maximum absolute atomic E-state index is 12.1. The maximum atomic E-state index is 12.1. The summed E-state index contributed by atoms with van der Waals surface area (Å²) in [6.07, 6.45) is 5.66. The molecule has 0 saturated carbocycles. The molecule has 4 nitrogen and oxygen atoms in total. The van der Waals surface area contributed by atoms with Gasteiger partial charge >= 0.3 is 0 Å². The lowest BCUT2D eigenvalue weighted by atomic mass is 10.1. The number of fused-ring (bicyclic) bond motifs is 1. The third kappa shape index (κ3) is 1.94. The first-order valence-electron chi connectivity index (χ1n) is 6.30. The molecule has 3 rings (SSSR count). The van der Waals surface area contributed by atoms with E-state index in [1.165, 1.54) is 0 Å². The van der Waals surface area contributed by atoms with Crippen molar-refractivity contribution in [3.8, 4) is 11.3 Å². The molecule has 102 valence electrons. The van der Waals surface area contributed by atoms with Crippen LogP contribution in [0.25, 0.3) is 22.2 Å². The Morgan fingerprint density at radius 1 is 1.30 bits per heavy atom. The monoisotopic (exact) mass is 285 g/mol. The standard InChI is InChI=1S/C15H15N3OS/c1-9-4-5-12(17-14(9)20-3)11-8-18(2)15(19)13-10(11)6-7-16-13/h4-8,16H,1-3H3. The van der Waals surface area contributed by atoms with Crippen molar-refractivity contribution in [2.75, 3.05) is 6.26 Å². The van der Waals surface area contributed by atoms with Crippen LogP contribution >= 0.6 is 11.8 Å². The molecule has 0 amide bonds. The number of hydrogen-bond donors (Lipinski definition) is 1. The minimum absolute atomic E-state index is 0.0223. The highest BCUT2D eigenvalue weighted by Gasteiger charge is 2.12. The molecule has 0 radical (unpaired) electrons. The molecule has 20 heavy (non-hydrogen) atoms. The zero-order valence-corrected chi connectivity index (χ0v) is 12.4. The molecular formula is C15H15N3OS. The molecule has 0 saturated heterocycles. The second kappa shape index (κ2) is 4.83. The van der Waals surface area contributed by atoms with E-state index < -0.39 is 0 Å².